The molecule has 1 saturated carbocycles. The first-order valence-electron chi connectivity index (χ1n) is 8.35. The van der Waals surface area contributed by atoms with Crippen LogP contribution in [-0.2, 0) is 5.75 Å². The third-order valence-electron chi connectivity index (χ3n) is 4.39. The summed E-state index contributed by atoms with van der Waals surface area (Å²) in [6.07, 6.45) is 8.32. The lowest BCUT2D eigenvalue weighted by Gasteiger charge is -2.31. The van der Waals surface area contributed by atoms with Crippen LogP contribution in [0.4, 0.5) is 0 Å². The zero-order chi connectivity index (χ0) is 14.9. The van der Waals surface area contributed by atoms with Crippen LogP contribution in [0.5, 0.6) is 0 Å². The molecule has 0 aromatic heterocycles. The lowest BCUT2D eigenvalue weighted by atomic mass is 9.84. The molecule has 1 fully saturated rings. The minimum Gasteiger partial charge on any atom is -0.313 e. The molecule has 1 atom stereocenters. The number of thioether (sulfide) groups is 1. The van der Waals surface area contributed by atoms with Crippen molar-refractivity contribution in [1.29, 1.82) is 0 Å². The monoisotopic (exact) mass is 325 g/mol. The smallest absolute Gasteiger partial charge is 0.0446 e. The van der Waals surface area contributed by atoms with Gasteiger partial charge in [-0.2, -0.15) is 11.8 Å². The van der Waals surface area contributed by atoms with Gasteiger partial charge in [0, 0.05) is 22.6 Å². The van der Waals surface area contributed by atoms with Crippen LogP contribution < -0.4 is 5.32 Å². The molecule has 1 aromatic carbocycles. The molecule has 1 aliphatic rings. The predicted octanol–water partition coefficient (Wildman–Crippen LogP) is 5.52. The second-order valence-corrected chi connectivity index (χ2v) is 7.50. The highest BCUT2D eigenvalue weighted by molar-refractivity contribution is 7.98. The Kier molecular flexibility index (Phi) is 7.98. The van der Waals surface area contributed by atoms with E-state index in [4.69, 9.17) is 11.6 Å². The summed E-state index contributed by atoms with van der Waals surface area (Å²) in [5.74, 6) is 3.11. The van der Waals surface area contributed by atoms with Crippen molar-refractivity contribution in [3.8, 4) is 0 Å². The standard InChI is InChI=1S/C18H28ClNS/c1-2-12-20-18(15-8-4-3-5-9-15)14-21-13-16-10-6-7-11-17(16)19/h6-7,10-11,15,18,20H,2-5,8-9,12-14H2,1H3. The second kappa shape index (κ2) is 9.76. The van der Waals surface area contributed by atoms with Gasteiger partial charge in [-0.3, -0.25) is 0 Å². The fourth-order valence-corrected chi connectivity index (χ4v) is 4.65. The number of nitrogens with one attached hydrogen (secondary N) is 1. The van der Waals surface area contributed by atoms with E-state index in [-0.39, 0.29) is 0 Å². The van der Waals surface area contributed by atoms with Crippen molar-refractivity contribution in [3.63, 3.8) is 0 Å². The maximum Gasteiger partial charge on any atom is 0.0446 e. The molecule has 0 spiro atoms. The molecule has 0 heterocycles. The van der Waals surface area contributed by atoms with E-state index in [1.54, 1.807) is 0 Å². The van der Waals surface area contributed by atoms with Gasteiger partial charge >= 0.3 is 0 Å². The van der Waals surface area contributed by atoms with Crippen LogP contribution in [0, 0.1) is 5.92 Å². The maximum absolute atomic E-state index is 6.24. The summed E-state index contributed by atoms with van der Waals surface area (Å²) in [6.45, 7) is 3.40. The Hall–Kier alpha value is -0.180. The van der Waals surface area contributed by atoms with Crippen LogP contribution in [0.3, 0.4) is 0 Å². The van der Waals surface area contributed by atoms with Crippen molar-refractivity contribution in [2.75, 3.05) is 12.3 Å². The van der Waals surface area contributed by atoms with E-state index in [0.717, 1.165) is 23.2 Å². The Bertz CT molecular complexity index is 404. The van der Waals surface area contributed by atoms with E-state index in [2.05, 4.69) is 24.4 Å². The summed E-state index contributed by atoms with van der Waals surface area (Å²) in [4.78, 5) is 0. The summed E-state index contributed by atoms with van der Waals surface area (Å²) < 4.78 is 0. The fraction of sp³-hybridized carbons (Fsp3) is 0.667. The molecule has 0 radical (unpaired) electrons. The van der Waals surface area contributed by atoms with Gasteiger partial charge in [0.15, 0.2) is 0 Å². The van der Waals surface area contributed by atoms with Crippen molar-refractivity contribution in [2.24, 2.45) is 5.92 Å². The molecule has 1 nitrogen and oxygen atoms in total. The first kappa shape index (κ1) is 17.2. The third kappa shape index (κ3) is 5.84. The first-order chi connectivity index (χ1) is 10.3. The molecule has 21 heavy (non-hydrogen) atoms. The zero-order valence-corrected chi connectivity index (χ0v) is 14.7. The molecular weight excluding hydrogens is 298 g/mol. The quantitative estimate of drug-likeness (QED) is 0.675. The highest BCUT2D eigenvalue weighted by Crippen LogP contribution is 2.29. The summed E-state index contributed by atoms with van der Waals surface area (Å²) in [5.41, 5.74) is 1.27. The predicted molar refractivity (Wildman–Crippen MR) is 96.3 cm³/mol. The van der Waals surface area contributed by atoms with Gasteiger partial charge in [0.05, 0.1) is 0 Å². The van der Waals surface area contributed by atoms with Gasteiger partial charge in [-0.1, -0.05) is 56.0 Å². The molecule has 1 aromatic rings. The maximum atomic E-state index is 6.24. The molecule has 118 valence electrons. The van der Waals surface area contributed by atoms with Gasteiger partial charge in [-0.15, -0.1) is 0 Å². The lowest BCUT2D eigenvalue weighted by Crippen LogP contribution is -2.39. The number of halogens is 1. The number of hydrogen-bond donors (Lipinski definition) is 1. The topological polar surface area (TPSA) is 12.0 Å². The Morgan fingerprint density at radius 1 is 1.24 bits per heavy atom. The normalized spacial score (nSPS) is 17.8. The average molecular weight is 326 g/mol. The van der Waals surface area contributed by atoms with Crippen molar-refractivity contribution in [3.05, 3.63) is 34.9 Å². The van der Waals surface area contributed by atoms with Gasteiger partial charge in [0.25, 0.3) is 0 Å². The van der Waals surface area contributed by atoms with Crippen molar-refractivity contribution in [1.82, 2.24) is 5.32 Å². The minimum absolute atomic E-state index is 0.678. The Morgan fingerprint density at radius 3 is 2.71 bits per heavy atom. The Morgan fingerprint density at radius 2 is 2.00 bits per heavy atom. The largest absolute Gasteiger partial charge is 0.313 e. The molecule has 3 heteroatoms. The lowest BCUT2D eigenvalue weighted by molar-refractivity contribution is 0.285. The molecular formula is C18H28ClNS. The van der Waals surface area contributed by atoms with Crippen LogP contribution in [0.2, 0.25) is 5.02 Å². The summed E-state index contributed by atoms with van der Waals surface area (Å²) in [5, 5.41) is 4.69. The van der Waals surface area contributed by atoms with Gasteiger partial charge in [-0.25, -0.2) is 0 Å². The summed E-state index contributed by atoms with van der Waals surface area (Å²) in [6, 6.07) is 8.90. The molecule has 1 N–H and O–H groups in total. The average Bonchev–Trinajstić information content (AvgIpc) is 2.53. The van der Waals surface area contributed by atoms with Crippen molar-refractivity contribution < 1.29 is 0 Å². The third-order valence-corrected chi connectivity index (χ3v) is 5.87. The second-order valence-electron chi connectivity index (χ2n) is 6.07. The Balaban J connectivity index is 1.82. The van der Waals surface area contributed by atoms with Gasteiger partial charge in [0.2, 0.25) is 0 Å². The zero-order valence-electron chi connectivity index (χ0n) is 13.1. The molecule has 2 rings (SSSR count). The minimum atomic E-state index is 0.678. The summed E-state index contributed by atoms with van der Waals surface area (Å²) in [7, 11) is 0. The highest BCUT2D eigenvalue weighted by atomic mass is 35.5. The van der Waals surface area contributed by atoms with E-state index >= 15 is 0 Å². The fourth-order valence-electron chi connectivity index (χ4n) is 3.14. The molecule has 0 amide bonds. The van der Waals surface area contributed by atoms with Gasteiger partial charge in [0.1, 0.15) is 0 Å². The van der Waals surface area contributed by atoms with Gasteiger partial charge < -0.3 is 5.32 Å². The Labute approximate surface area is 139 Å². The van der Waals surface area contributed by atoms with Crippen LogP contribution in [0.15, 0.2) is 24.3 Å². The first-order valence-corrected chi connectivity index (χ1v) is 9.89. The van der Waals surface area contributed by atoms with Crippen LogP contribution in [-0.4, -0.2) is 18.3 Å². The van der Waals surface area contributed by atoms with E-state index in [0.29, 0.717) is 6.04 Å². The number of rotatable bonds is 8. The summed E-state index contributed by atoms with van der Waals surface area (Å²) >= 11 is 8.27. The number of benzene rings is 1. The molecule has 1 aliphatic carbocycles. The van der Waals surface area contributed by atoms with E-state index in [9.17, 15) is 0 Å². The SMILES string of the molecule is CCCNC(CSCc1ccccc1Cl)C1CCCCC1. The van der Waals surface area contributed by atoms with E-state index < -0.39 is 0 Å². The van der Waals surface area contributed by atoms with E-state index in [1.807, 2.05) is 23.9 Å². The van der Waals surface area contributed by atoms with Crippen molar-refractivity contribution >= 4 is 23.4 Å². The van der Waals surface area contributed by atoms with Gasteiger partial charge in [-0.05, 0) is 43.4 Å². The van der Waals surface area contributed by atoms with E-state index in [1.165, 1.54) is 49.8 Å². The van der Waals surface area contributed by atoms with Crippen LogP contribution in [0.1, 0.15) is 51.0 Å². The van der Waals surface area contributed by atoms with Crippen molar-refractivity contribution in [2.45, 2.75) is 57.2 Å². The molecule has 1 unspecified atom stereocenters. The van der Waals surface area contributed by atoms with Crippen LogP contribution in [0.25, 0.3) is 0 Å². The highest BCUT2D eigenvalue weighted by Gasteiger charge is 2.22. The number of hydrogen-bond acceptors (Lipinski definition) is 2. The van der Waals surface area contributed by atoms with Crippen LogP contribution >= 0.6 is 23.4 Å². The molecule has 0 aliphatic heterocycles. The molecule has 0 bridgehead atoms. The molecule has 0 saturated heterocycles.